The van der Waals surface area contributed by atoms with Crippen molar-refractivity contribution in [1.82, 2.24) is 0 Å². The molecule has 0 aliphatic carbocycles. The van der Waals surface area contributed by atoms with Crippen LogP contribution in [0.25, 0.3) is 0 Å². The minimum atomic E-state index is 0.0796. The maximum absolute atomic E-state index is 6.26. The molecule has 0 radical (unpaired) electrons. The number of thioether (sulfide) groups is 1. The number of thiophene rings is 1. The van der Waals surface area contributed by atoms with Gasteiger partial charge in [0.15, 0.2) is 0 Å². The van der Waals surface area contributed by atoms with Crippen molar-refractivity contribution in [1.29, 1.82) is 0 Å². The van der Waals surface area contributed by atoms with E-state index in [1.54, 1.807) is 23.1 Å². The van der Waals surface area contributed by atoms with Gasteiger partial charge in [-0.15, -0.1) is 23.1 Å². The second kappa shape index (κ2) is 7.00. The lowest BCUT2D eigenvalue weighted by Gasteiger charge is -2.21. The quantitative estimate of drug-likeness (QED) is 0.719. The summed E-state index contributed by atoms with van der Waals surface area (Å²) in [4.78, 5) is 2.26. The van der Waals surface area contributed by atoms with Crippen LogP contribution >= 0.6 is 46.3 Å². The van der Waals surface area contributed by atoms with Crippen molar-refractivity contribution in [2.75, 3.05) is 0 Å². The van der Waals surface area contributed by atoms with Crippen LogP contribution in [0.5, 0.6) is 0 Å². The average Bonchev–Trinajstić information content (AvgIpc) is 2.83. The molecule has 1 aromatic heterocycles. The monoisotopic (exact) mass is 331 g/mol. The molecule has 2 rings (SSSR count). The van der Waals surface area contributed by atoms with Gasteiger partial charge in [-0.1, -0.05) is 42.3 Å². The first-order valence-corrected chi connectivity index (χ1v) is 8.49. The summed E-state index contributed by atoms with van der Waals surface area (Å²) < 4.78 is 0.795. The van der Waals surface area contributed by atoms with Crippen LogP contribution in [0.3, 0.4) is 0 Å². The number of benzene rings is 1. The summed E-state index contributed by atoms with van der Waals surface area (Å²) in [5.41, 5.74) is 6.26. The zero-order valence-electron chi connectivity index (χ0n) is 10.5. The highest BCUT2D eigenvalue weighted by Crippen LogP contribution is 2.43. The van der Waals surface area contributed by atoms with E-state index in [1.807, 2.05) is 30.3 Å². The van der Waals surface area contributed by atoms with Crippen molar-refractivity contribution in [2.45, 2.75) is 29.5 Å². The molecular weight excluding hydrogens is 317 g/mol. The van der Waals surface area contributed by atoms with Crippen molar-refractivity contribution in [3.63, 3.8) is 0 Å². The van der Waals surface area contributed by atoms with Crippen molar-refractivity contribution in [3.8, 4) is 0 Å². The Kier molecular flexibility index (Phi) is 5.60. The first-order valence-electron chi connectivity index (χ1n) is 6.03. The van der Waals surface area contributed by atoms with Crippen molar-refractivity contribution in [2.24, 2.45) is 5.73 Å². The minimum Gasteiger partial charge on any atom is -0.326 e. The molecule has 1 heterocycles. The van der Waals surface area contributed by atoms with Crippen LogP contribution in [0.4, 0.5) is 0 Å². The van der Waals surface area contributed by atoms with Gasteiger partial charge >= 0.3 is 0 Å². The second-order valence-corrected chi connectivity index (χ2v) is 7.52. The zero-order chi connectivity index (χ0) is 13.8. The number of hydrogen-bond donors (Lipinski definition) is 1. The normalized spacial score (nSPS) is 14.3. The molecule has 102 valence electrons. The van der Waals surface area contributed by atoms with Crippen LogP contribution < -0.4 is 5.73 Å². The summed E-state index contributed by atoms with van der Waals surface area (Å²) in [5.74, 6) is 0. The first-order chi connectivity index (χ1) is 9.11. The molecule has 0 saturated carbocycles. The summed E-state index contributed by atoms with van der Waals surface area (Å²) in [7, 11) is 0. The third-order valence-electron chi connectivity index (χ3n) is 2.83. The van der Waals surface area contributed by atoms with Crippen molar-refractivity contribution >= 4 is 46.3 Å². The summed E-state index contributed by atoms with van der Waals surface area (Å²) in [6, 6.07) is 11.9. The molecule has 0 aliphatic heterocycles. The summed E-state index contributed by atoms with van der Waals surface area (Å²) in [6.45, 7) is 2.10. The van der Waals surface area contributed by atoms with Gasteiger partial charge in [0.05, 0.1) is 14.6 Å². The van der Waals surface area contributed by atoms with Gasteiger partial charge in [0, 0.05) is 15.8 Å². The molecule has 2 unspecified atom stereocenters. The molecular formula is C14H15Cl2NS2. The van der Waals surface area contributed by atoms with Crippen LogP contribution in [0.2, 0.25) is 9.36 Å². The van der Waals surface area contributed by atoms with Crippen LogP contribution in [-0.4, -0.2) is 6.04 Å². The summed E-state index contributed by atoms with van der Waals surface area (Å²) in [5, 5.41) is 0.950. The molecule has 0 aliphatic rings. The fourth-order valence-corrected chi connectivity index (χ4v) is 4.58. The Bertz CT molecular complexity index is 542. The number of halogens is 2. The predicted octanol–water partition coefficient (Wildman–Crippen LogP) is 5.63. The number of nitrogens with two attached hydrogens (primary N) is 1. The van der Waals surface area contributed by atoms with Gasteiger partial charge < -0.3 is 5.73 Å². The van der Waals surface area contributed by atoms with Gasteiger partial charge in [0.1, 0.15) is 0 Å². The lowest BCUT2D eigenvalue weighted by molar-refractivity contribution is 0.640. The van der Waals surface area contributed by atoms with Gasteiger partial charge in [0.2, 0.25) is 0 Å². The topological polar surface area (TPSA) is 26.0 Å². The van der Waals surface area contributed by atoms with Crippen LogP contribution in [0.1, 0.15) is 23.5 Å². The second-order valence-electron chi connectivity index (χ2n) is 4.18. The zero-order valence-corrected chi connectivity index (χ0v) is 13.6. The van der Waals surface area contributed by atoms with E-state index in [0.29, 0.717) is 0 Å². The van der Waals surface area contributed by atoms with Gasteiger partial charge in [-0.25, -0.2) is 0 Å². The molecule has 1 aromatic carbocycles. The van der Waals surface area contributed by atoms with E-state index in [4.69, 9.17) is 28.9 Å². The van der Waals surface area contributed by atoms with Crippen LogP contribution in [0, 0.1) is 0 Å². The molecule has 0 fully saturated rings. The molecule has 19 heavy (non-hydrogen) atoms. The number of hydrogen-bond acceptors (Lipinski definition) is 3. The Morgan fingerprint density at radius 1 is 1.21 bits per heavy atom. The standard InChI is InChI=1S/C14H15Cl2NS2/c1-2-10(17)14(12-7-8-13(16)18-12)19-11-6-4-3-5-9(11)15/h3-8,10,14H,2,17H2,1H3. The van der Waals surface area contributed by atoms with Gasteiger partial charge in [-0.2, -0.15) is 0 Å². The van der Waals surface area contributed by atoms with E-state index in [0.717, 1.165) is 20.7 Å². The van der Waals surface area contributed by atoms with Crippen molar-refractivity contribution < 1.29 is 0 Å². The predicted molar refractivity (Wildman–Crippen MR) is 87.6 cm³/mol. The fraction of sp³-hybridized carbons (Fsp3) is 0.286. The SMILES string of the molecule is CCC(N)C(Sc1ccccc1Cl)c1ccc(Cl)s1. The van der Waals surface area contributed by atoms with Crippen LogP contribution in [-0.2, 0) is 0 Å². The highest BCUT2D eigenvalue weighted by atomic mass is 35.5. The maximum Gasteiger partial charge on any atom is 0.0931 e. The highest BCUT2D eigenvalue weighted by Gasteiger charge is 2.22. The molecule has 0 spiro atoms. The molecule has 0 amide bonds. The third kappa shape index (κ3) is 3.89. The van der Waals surface area contributed by atoms with E-state index in [2.05, 4.69) is 13.0 Å². The van der Waals surface area contributed by atoms with E-state index in [9.17, 15) is 0 Å². The van der Waals surface area contributed by atoms with Gasteiger partial charge in [-0.3, -0.25) is 0 Å². The van der Waals surface area contributed by atoms with Crippen LogP contribution in [0.15, 0.2) is 41.3 Å². The number of rotatable bonds is 5. The van der Waals surface area contributed by atoms with E-state index < -0.39 is 0 Å². The molecule has 0 saturated heterocycles. The first kappa shape index (κ1) is 15.2. The Morgan fingerprint density at radius 2 is 1.95 bits per heavy atom. The summed E-state index contributed by atoms with van der Waals surface area (Å²) in [6.07, 6.45) is 0.914. The Morgan fingerprint density at radius 3 is 2.53 bits per heavy atom. The molecule has 5 heteroatoms. The average molecular weight is 332 g/mol. The lowest BCUT2D eigenvalue weighted by Crippen LogP contribution is -2.25. The molecule has 0 bridgehead atoms. The van der Waals surface area contributed by atoms with Gasteiger partial charge in [-0.05, 0) is 30.7 Å². The molecule has 2 aromatic rings. The Labute approximate surface area is 132 Å². The van der Waals surface area contributed by atoms with Gasteiger partial charge in [0.25, 0.3) is 0 Å². The van der Waals surface area contributed by atoms with E-state index in [1.165, 1.54) is 4.88 Å². The molecule has 2 atom stereocenters. The van der Waals surface area contributed by atoms with E-state index in [-0.39, 0.29) is 11.3 Å². The lowest BCUT2D eigenvalue weighted by atomic mass is 10.1. The van der Waals surface area contributed by atoms with E-state index >= 15 is 0 Å². The molecule has 1 nitrogen and oxygen atoms in total. The molecule has 2 N–H and O–H groups in total. The third-order valence-corrected chi connectivity index (χ3v) is 6.20. The maximum atomic E-state index is 6.26. The summed E-state index contributed by atoms with van der Waals surface area (Å²) >= 11 is 15.5. The Hall–Kier alpha value is -0.190. The fourth-order valence-electron chi connectivity index (χ4n) is 1.73. The smallest absolute Gasteiger partial charge is 0.0931 e. The highest BCUT2D eigenvalue weighted by molar-refractivity contribution is 7.99. The van der Waals surface area contributed by atoms with Crippen molar-refractivity contribution in [3.05, 3.63) is 50.6 Å². The Balaban J connectivity index is 2.27. The largest absolute Gasteiger partial charge is 0.326 e. The minimum absolute atomic E-state index is 0.0796.